The molecule has 1 spiro atoms. The summed E-state index contributed by atoms with van der Waals surface area (Å²) in [5.41, 5.74) is 4.23. The molecular weight excluding hydrogens is 392 g/mol. The van der Waals surface area contributed by atoms with Crippen LogP contribution < -0.4 is 10.9 Å². The van der Waals surface area contributed by atoms with Crippen molar-refractivity contribution in [1.82, 2.24) is 20.1 Å². The Kier molecular flexibility index (Phi) is 3.84. The Balaban J connectivity index is 1.45. The topological polar surface area (TPSA) is 93.2 Å². The summed E-state index contributed by atoms with van der Waals surface area (Å²) in [6.45, 7) is 4.70. The van der Waals surface area contributed by atoms with Crippen LogP contribution in [0.1, 0.15) is 43.2 Å². The lowest BCUT2D eigenvalue weighted by atomic mass is 9.97. The van der Waals surface area contributed by atoms with E-state index in [-0.39, 0.29) is 22.9 Å². The van der Waals surface area contributed by atoms with Crippen molar-refractivity contribution in [3.63, 3.8) is 0 Å². The fraction of sp³-hybridized carbons (Fsp3) is 0.375. The van der Waals surface area contributed by atoms with Gasteiger partial charge in [-0.05, 0) is 80.1 Å². The maximum absolute atomic E-state index is 13.3. The zero-order valence-corrected chi connectivity index (χ0v) is 17.6. The third-order valence-corrected chi connectivity index (χ3v) is 6.82. The van der Waals surface area contributed by atoms with Crippen LogP contribution in [0, 0.1) is 13.8 Å². The minimum Gasteiger partial charge on any atom is -0.507 e. The van der Waals surface area contributed by atoms with E-state index in [1.165, 1.54) is 0 Å². The third-order valence-electron chi connectivity index (χ3n) is 6.82. The minimum absolute atomic E-state index is 0.0183. The number of oxazole rings is 1. The number of fused-ring (bicyclic) bond motifs is 2. The van der Waals surface area contributed by atoms with Crippen molar-refractivity contribution in [2.75, 3.05) is 6.54 Å². The van der Waals surface area contributed by atoms with Crippen LogP contribution in [0.15, 0.2) is 39.7 Å². The Morgan fingerprint density at radius 1 is 1.19 bits per heavy atom. The van der Waals surface area contributed by atoms with Crippen LogP contribution in [0.4, 0.5) is 0 Å². The number of piperidine rings is 1. The molecule has 2 N–H and O–H groups in total. The van der Waals surface area contributed by atoms with Gasteiger partial charge in [-0.2, -0.15) is 5.10 Å². The summed E-state index contributed by atoms with van der Waals surface area (Å²) in [5, 5.41) is 19.9. The Morgan fingerprint density at radius 3 is 2.81 bits per heavy atom. The van der Waals surface area contributed by atoms with E-state index >= 15 is 0 Å². The molecule has 31 heavy (non-hydrogen) atoms. The van der Waals surface area contributed by atoms with Crippen LogP contribution in [-0.4, -0.2) is 32.0 Å². The molecule has 2 fully saturated rings. The van der Waals surface area contributed by atoms with E-state index < -0.39 is 0 Å². The van der Waals surface area contributed by atoms with Gasteiger partial charge in [-0.15, -0.1) is 0 Å². The van der Waals surface area contributed by atoms with Gasteiger partial charge in [-0.3, -0.25) is 4.79 Å². The normalized spacial score (nSPS) is 20.0. The first-order valence-corrected chi connectivity index (χ1v) is 10.8. The standard InChI is InChI=1S/C24H24N4O3/c1-13-7-15(10-20-22(13)27-14(2)31-20)16-8-17-12-26-28(23(30)21(17)19(29)9-16)18-3-6-25-24(11-18)4-5-24/h7-10,12,18,25,29H,3-6,11H2,1-2H3. The van der Waals surface area contributed by atoms with Crippen molar-refractivity contribution < 1.29 is 9.52 Å². The molecule has 2 aromatic carbocycles. The number of aryl methyl sites for hydroxylation is 2. The van der Waals surface area contributed by atoms with Crippen LogP contribution in [-0.2, 0) is 0 Å². The zero-order chi connectivity index (χ0) is 21.3. The number of phenolic OH excluding ortho intramolecular Hbond substituents is 1. The van der Waals surface area contributed by atoms with Gasteiger partial charge in [0.2, 0.25) is 0 Å². The van der Waals surface area contributed by atoms with E-state index in [2.05, 4.69) is 15.4 Å². The van der Waals surface area contributed by atoms with Crippen molar-refractivity contribution in [2.45, 2.75) is 51.1 Å². The van der Waals surface area contributed by atoms with Gasteiger partial charge >= 0.3 is 0 Å². The first kappa shape index (κ1) is 18.6. The number of aromatic hydroxyl groups is 1. The summed E-state index contributed by atoms with van der Waals surface area (Å²) in [6, 6.07) is 7.57. The Morgan fingerprint density at radius 2 is 2.00 bits per heavy atom. The number of rotatable bonds is 2. The molecule has 7 nitrogen and oxygen atoms in total. The summed E-state index contributed by atoms with van der Waals surface area (Å²) in [4.78, 5) is 17.7. The molecule has 0 amide bonds. The molecule has 6 rings (SSSR count). The van der Waals surface area contributed by atoms with Crippen LogP contribution in [0.25, 0.3) is 33.0 Å². The average molecular weight is 416 g/mol. The first-order valence-electron chi connectivity index (χ1n) is 10.8. The average Bonchev–Trinajstić information content (AvgIpc) is 3.35. The quantitative estimate of drug-likeness (QED) is 0.513. The molecule has 4 aromatic rings. The highest BCUT2D eigenvalue weighted by atomic mass is 16.3. The number of hydrogen-bond acceptors (Lipinski definition) is 6. The van der Waals surface area contributed by atoms with E-state index in [4.69, 9.17) is 4.42 Å². The van der Waals surface area contributed by atoms with Crippen molar-refractivity contribution in [3.05, 3.63) is 52.3 Å². The molecule has 2 aliphatic rings. The number of aromatic nitrogens is 3. The largest absolute Gasteiger partial charge is 0.507 e. The summed E-state index contributed by atoms with van der Waals surface area (Å²) < 4.78 is 7.29. The molecule has 3 heterocycles. The van der Waals surface area contributed by atoms with Crippen LogP contribution in [0.3, 0.4) is 0 Å². The van der Waals surface area contributed by atoms with E-state index in [9.17, 15) is 9.90 Å². The Hall–Kier alpha value is -3.19. The Bertz CT molecular complexity index is 1410. The minimum atomic E-state index is -0.221. The predicted molar refractivity (Wildman–Crippen MR) is 118 cm³/mol. The predicted octanol–water partition coefficient (Wildman–Crippen LogP) is 3.98. The maximum Gasteiger partial charge on any atom is 0.278 e. The third kappa shape index (κ3) is 2.95. The molecule has 1 aliphatic heterocycles. The van der Waals surface area contributed by atoms with E-state index in [1.807, 2.05) is 32.0 Å². The monoisotopic (exact) mass is 416 g/mol. The highest BCUT2D eigenvalue weighted by Gasteiger charge is 2.46. The molecule has 158 valence electrons. The molecule has 1 saturated carbocycles. The fourth-order valence-corrected chi connectivity index (χ4v) is 5.05. The van der Waals surface area contributed by atoms with E-state index in [0.717, 1.165) is 54.4 Å². The number of hydrogen-bond donors (Lipinski definition) is 2. The summed E-state index contributed by atoms with van der Waals surface area (Å²) >= 11 is 0. The molecule has 1 saturated heterocycles. The molecule has 1 unspecified atom stereocenters. The lowest BCUT2D eigenvalue weighted by Crippen LogP contribution is -2.43. The van der Waals surface area contributed by atoms with E-state index in [1.54, 1.807) is 16.9 Å². The van der Waals surface area contributed by atoms with Crippen molar-refractivity contribution in [1.29, 1.82) is 0 Å². The van der Waals surface area contributed by atoms with Gasteiger partial charge in [0.15, 0.2) is 11.5 Å². The summed E-state index contributed by atoms with van der Waals surface area (Å²) in [6.07, 6.45) is 5.81. The second kappa shape index (κ2) is 6.40. The zero-order valence-electron chi connectivity index (χ0n) is 17.6. The number of nitrogens with zero attached hydrogens (tertiary/aromatic N) is 3. The molecule has 0 bridgehead atoms. The highest BCUT2D eigenvalue weighted by molar-refractivity contribution is 5.93. The molecule has 0 radical (unpaired) electrons. The van der Waals surface area contributed by atoms with E-state index in [0.29, 0.717) is 22.2 Å². The SMILES string of the molecule is Cc1nc2c(C)cc(-c3cc(O)c4c(=O)n(C5CCNC6(CC6)C5)ncc4c3)cc2o1. The van der Waals surface area contributed by atoms with Gasteiger partial charge < -0.3 is 14.8 Å². The van der Waals surface area contributed by atoms with Gasteiger partial charge in [-0.1, -0.05) is 0 Å². The van der Waals surface area contributed by atoms with Crippen LogP contribution in [0.5, 0.6) is 5.75 Å². The second-order valence-corrected chi connectivity index (χ2v) is 9.08. The van der Waals surface area contributed by atoms with Crippen molar-refractivity contribution >= 4 is 21.9 Å². The number of nitrogens with one attached hydrogen (secondary N) is 1. The molecule has 1 aliphatic carbocycles. The van der Waals surface area contributed by atoms with Crippen molar-refractivity contribution in [3.8, 4) is 16.9 Å². The lowest BCUT2D eigenvalue weighted by Gasteiger charge is -2.31. The van der Waals surface area contributed by atoms with Gasteiger partial charge in [0, 0.05) is 17.8 Å². The second-order valence-electron chi connectivity index (χ2n) is 9.08. The number of phenols is 1. The fourth-order valence-electron chi connectivity index (χ4n) is 5.05. The molecule has 1 atom stereocenters. The number of benzene rings is 2. The first-order chi connectivity index (χ1) is 14.9. The molecule has 2 aromatic heterocycles. The van der Waals surface area contributed by atoms with Crippen LogP contribution >= 0.6 is 0 Å². The van der Waals surface area contributed by atoms with Gasteiger partial charge in [-0.25, -0.2) is 9.67 Å². The van der Waals surface area contributed by atoms with Gasteiger partial charge in [0.1, 0.15) is 11.3 Å². The van der Waals surface area contributed by atoms with Gasteiger partial charge in [0.25, 0.3) is 5.56 Å². The molecular formula is C24H24N4O3. The smallest absolute Gasteiger partial charge is 0.278 e. The van der Waals surface area contributed by atoms with Crippen LogP contribution in [0.2, 0.25) is 0 Å². The van der Waals surface area contributed by atoms with Gasteiger partial charge in [0.05, 0.1) is 17.6 Å². The molecule has 7 heteroatoms. The Labute approximate surface area is 178 Å². The lowest BCUT2D eigenvalue weighted by molar-refractivity contribution is 0.264. The van der Waals surface area contributed by atoms with Crippen molar-refractivity contribution in [2.24, 2.45) is 0 Å². The highest BCUT2D eigenvalue weighted by Crippen LogP contribution is 2.45. The summed E-state index contributed by atoms with van der Waals surface area (Å²) in [7, 11) is 0. The maximum atomic E-state index is 13.3. The summed E-state index contributed by atoms with van der Waals surface area (Å²) in [5.74, 6) is 0.600.